The lowest BCUT2D eigenvalue weighted by atomic mass is 9.82. The van der Waals surface area contributed by atoms with Gasteiger partial charge in [-0.1, -0.05) is 26.7 Å². The molecule has 2 saturated heterocycles. The Labute approximate surface area is 281 Å². The fourth-order valence-corrected chi connectivity index (χ4v) is 7.88. The summed E-state index contributed by atoms with van der Waals surface area (Å²) in [5, 5.41) is 10.8. The number of ether oxygens (including phenoxy) is 3. The summed E-state index contributed by atoms with van der Waals surface area (Å²) in [6, 6.07) is 15.9. The van der Waals surface area contributed by atoms with E-state index in [2.05, 4.69) is 32.7 Å². The summed E-state index contributed by atoms with van der Waals surface area (Å²) >= 11 is 0. The van der Waals surface area contributed by atoms with Gasteiger partial charge >= 0.3 is 5.97 Å². The van der Waals surface area contributed by atoms with Crippen molar-refractivity contribution >= 4 is 34.3 Å². The number of amides is 1. The zero-order valence-corrected chi connectivity index (χ0v) is 26.6. The van der Waals surface area contributed by atoms with E-state index in [9.17, 15) is 14.7 Å². The van der Waals surface area contributed by atoms with E-state index >= 15 is 0 Å². The second kappa shape index (κ2) is 13.5. The molecule has 1 aliphatic carbocycles. The fourth-order valence-electron chi connectivity index (χ4n) is 7.88. The first-order valence-electron chi connectivity index (χ1n) is 17.0. The fraction of sp³-hybridized carbons (Fsp3) is 0.447. The van der Waals surface area contributed by atoms with E-state index in [-0.39, 0.29) is 19.0 Å². The van der Waals surface area contributed by atoms with Crippen molar-refractivity contribution in [1.82, 2.24) is 9.55 Å². The smallest absolute Gasteiger partial charge is 0.354 e. The Bertz CT molecular complexity index is 1840. The lowest BCUT2D eigenvalue weighted by Gasteiger charge is -2.31. The van der Waals surface area contributed by atoms with Crippen molar-refractivity contribution in [3.8, 4) is 22.8 Å². The van der Waals surface area contributed by atoms with Crippen LogP contribution in [-0.2, 0) is 22.7 Å². The van der Waals surface area contributed by atoms with Gasteiger partial charge in [-0.3, -0.25) is 4.79 Å². The molecule has 8 rings (SSSR count). The summed E-state index contributed by atoms with van der Waals surface area (Å²) in [7, 11) is 0. The van der Waals surface area contributed by atoms with E-state index < -0.39 is 5.97 Å². The normalized spacial score (nSPS) is 18.1. The summed E-state index contributed by atoms with van der Waals surface area (Å²) in [6.45, 7) is 5.07. The standard InChI is InChI=1S/C37H40N4O6.CH4/c42-33-7-4-14-40(33)26-8-13-31(39-15-18-45-19-16-39)25(21-26)23-47-27-9-10-28-32(22-27)46-20-17-41-35(28)34(24-5-2-1-3-6-24)29-11-12-30(37(43)44)38-36(29)41;/h8-13,21-22,24H,1-7,14-20,23H2,(H,43,44);1H4. The predicted octanol–water partition coefficient (Wildman–Crippen LogP) is 7.02. The molecule has 0 atom stereocenters. The number of aromatic nitrogens is 2. The highest BCUT2D eigenvalue weighted by Crippen LogP contribution is 2.47. The molecule has 0 unspecified atom stereocenters. The lowest BCUT2D eigenvalue weighted by molar-refractivity contribution is -0.117. The van der Waals surface area contributed by atoms with E-state index in [1.807, 2.05) is 29.2 Å². The molecule has 10 heteroatoms. The van der Waals surface area contributed by atoms with Crippen molar-refractivity contribution < 1.29 is 28.9 Å². The molecular formula is C38H44N4O6. The number of fused-ring (bicyclic) bond motifs is 5. The third kappa shape index (κ3) is 5.87. The Hall–Kier alpha value is -4.57. The number of carbonyl (C=O) groups is 2. The minimum Gasteiger partial charge on any atom is -0.491 e. The zero-order valence-electron chi connectivity index (χ0n) is 26.6. The number of carboxylic acids is 1. The number of pyridine rings is 1. The van der Waals surface area contributed by atoms with Gasteiger partial charge in [-0.25, -0.2) is 9.78 Å². The maximum absolute atomic E-state index is 12.6. The second-order valence-corrected chi connectivity index (χ2v) is 13.0. The van der Waals surface area contributed by atoms with Gasteiger partial charge in [0, 0.05) is 60.0 Å². The molecule has 3 aliphatic heterocycles. The molecule has 0 spiro atoms. The van der Waals surface area contributed by atoms with Gasteiger partial charge in [-0.15, -0.1) is 0 Å². The van der Waals surface area contributed by atoms with Crippen molar-refractivity contribution in [3.05, 3.63) is 65.4 Å². The van der Waals surface area contributed by atoms with Gasteiger partial charge in [0.25, 0.3) is 0 Å². The monoisotopic (exact) mass is 652 g/mol. The maximum Gasteiger partial charge on any atom is 0.354 e. The van der Waals surface area contributed by atoms with E-state index in [1.54, 1.807) is 6.07 Å². The van der Waals surface area contributed by atoms with Crippen LogP contribution in [0.5, 0.6) is 11.5 Å². The van der Waals surface area contributed by atoms with Crippen LogP contribution in [-0.4, -0.2) is 66.0 Å². The van der Waals surface area contributed by atoms with E-state index in [0.717, 1.165) is 78.2 Å². The SMILES string of the molecule is C.O=C(O)c1ccc2c(C3CCCCC3)c3n(c2n1)CCOc1cc(OCc2cc(N4CCCC4=O)ccc2N2CCOCC2)ccc1-3. The van der Waals surface area contributed by atoms with Gasteiger partial charge in [0.05, 0.1) is 25.5 Å². The Morgan fingerprint density at radius 1 is 0.938 bits per heavy atom. The van der Waals surface area contributed by atoms with Crippen LogP contribution in [0.25, 0.3) is 22.3 Å². The molecule has 48 heavy (non-hydrogen) atoms. The van der Waals surface area contributed by atoms with Gasteiger partial charge in [0.15, 0.2) is 5.69 Å². The van der Waals surface area contributed by atoms with Crippen molar-refractivity contribution in [2.24, 2.45) is 0 Å². The van der Waals surface area contributed by atoms with Crippen LogP contribution in [0.2, 0.25) is 0 Å². The minimum atomic E-state index is -1.02. The second-order valence-electron chi connectivity index (χ2n) is 13.0. The van der Waals surface area contributed by atoms with Crippen LogP contribution in [0.4, 0.5) is 11.4 Å². The minimum absolute atomic E-state index is 0. The number of aromatic carboxylic acids is 1. The number of carboxylic acid groups (broad SMARTS) is 1. The van der Waals surface area contributed by atoms with Crippen LogP contribution < -0.4 is 19.3 Å². The number of hydrogen-bond donors (Lipinski definition) is 1. The Morgan fingerprint density at radius 3 is 2.54 bits per heavy atom. The van der Waals surface area contributed by atoms with Gasteiger partial charge in [-0.2, -0.15) is 0 Å². The molecule has 1 saturated carbocycles. The third-order valence-electron chi connectivity index (χ3n) is 10.2. The van der Waals surface area contributed by atoms with Crippen LogP contribution in [0.1, 0.15) is 79.9 Å². The summed E-state index contributed by atoms with van der Waals surface area (Å²) in [6.07, 6.45) is 7.31. The largest absolute Gasteiger partial charge is 0.491 e. The summed E-state index contributed by atoms with van der Waals surface area (Å²) in [5.41, 5.74) is 7.13. The Balaban J connectivity index is 0.00000364. The van der Waals surface area contributed by atoms with Gasteiger partial charge in [0.2, 0.25) is 5.91 Å². The molecule has 2 aromatic heterocycles. The van der Waals surface area contributed by atoms with Crippen molar-refractivity contribution in [1.29, 1.82) is 0 Å². The molecule has 1 N–H and O–H groups in total. The summed E-state index contributed by atoms with van der Waals surface area (Å²) < 4.78 is 20.6. The molecule has 0 bridgehead atoms. The van der Waals surface area contributed by atoms with E-state index in [1.165, 1.54) is 24.8 Å². The predicted molar refractivity (Wildman–Crippen MR) is 186 cm³/mol. The summed E-state index contributed by atoms with van der Waals surface area (Å²) in [4.78, 5) is 33.3. The quantitative estimate of drug-likeness (QED) is 0.227. The molecule has 0 radical (unpaired) electrons. The Kier molecular flexibility index (Phi) is 9.00. The highest BCUT2D eigenvalue weighted by Gasteiger charge is 2.31. The molecule has 5 heterocycles. The molecule has 252 valence electrons. The van der Waals surface area contributed by atoms with Crippen molar-refractivity contribution in [2.75, 3.05) is 49.3 Å². The molecule has 2 aromatic carbocycles. The van der Waals surface area contributed by atoms with Crippen LogP contribution in [0.15, 0.2) is 48.5 Å². The van der Waals surface area contributed by atoms with Crippen molar-refractivity contribution in [2.45, 2.75) is 71.4 Å². The maximum atomic E-state index is 12.6. The zero-order chi connectivity index (χ0) is 31.9. The molecular weight excluding hydrogens is 608 g/mol. The van der Waals surface area contributed by atoms with Crippen molar-refractivity contribution in [3.63, 3.8) is 0 Å². The van der Waals surface area contributed by atoms with Gasteiger partial charge in [0.1, 0.15) is 30.4 Å². The van der Waals surface area contributed by atoms with Crippen LogP contribution in [0.3, 0.4) is 0 Å². The number of morpholine rings is 1. The Morgan fingerprint density at radius 2 is 1.77 bits per heavy atom. The molecule has 1 amide bonds. The highest BCUT2D eigenvalue weighted by molar-refractivity contribution is 5.96. The topological polar surface area (TPSA) is 106 Å². The molecule has 3 fully saturated rings. The van der Waals surface area contributed by atoms with Gasteiger partial charge in [-0.05, 0) is 73.2 Å². The number of hydrogen-bond acceptors (Lipinski definition) is 7. The van der Waals surface area contributed by atoms with E-state index in [4.69, 9.17) is 14.2 Å². The van der Waals surface area contributed by atoms with Crippen LogP contribution >= 0.6 is 0 Å². The number of rotatable bonds is 7. The highest BCUT2D eigenvalue weighted by atomic mass is 16.5. The number of nitrogens with zero attached hydrogens (tertiary/aromatic N) is 4. The van der Waals surface area contributed by atoms with E-state index in [0.29, 0.717) is 56.7 Å². The van der Waals surface area contributed by atoms with Crippen LogP contribution in [0, 0.1) is 0 Å². The molecule has 4 aromatic rings. The number of carbonyl (C=O) groups excluding carboxylic acids is 1. The average molecular weight is 653 g/mol. The number of anilines is 2. The third-order valence-corrected chi connectivity index (χ3v) is 10.2. The first kappa shape index (κ1) is 32.0. The first-order chi connectivity index (χ1) is 23.0. The average Bonchev–Trinajstić information content (AvgIpc) is 3.62. The first-order valence-corrected chi connectivity index (χ1v) is 17.0. The molecule has 10 nitrogen and oxygen atoms in total. The molecule has 4 aliphatic rings. The van der Waals surface area contributed by atoms with Gasteiger partial charge < -0.3 is 33.7 Å². The number of benzene rings is 2. The lowest BCUT2D eigenvalue weighted by Crippen LogP contribution is -2.37. The summed E-state index contributed by atoms with van der Waals surface area (Å²) in [5.74, 6) is 0.982.